The number of guanidine groups is 1. The number of hydrogen-bond donors (Lipinski definition) is 2. The lowest BCUT2D eigenvalue weighted by atomic mass is 10.0. The van der Waals surface area contributed by atoms with Gasteiger partial charge in [0, 0.05) is 43.5 Å². The topological polar surface area (TPSA) is 67.4 Å². The quantitative estimate of drug-likeness (QED) is 0.303. The van der Waals surface area contributed by atoms with E-state index in [0.29, 0.717) is 24.0 Å². The highest BCUT2D eigenvalue weighted by Gasteiger charge is 2.23. The molecule has 7 nitrogen and oxygen atoms in total. The summed E-state index contributed by atoms with van der Waals surface area (Å²) in [7, 11) is 4.99. The Morgan fingerprint density at radius 3 is 2.39 bits per heavy atom. The molecule has 0 bridgehead atoms. The Morgan fingerprint density at radius 2 is 1.77 bits per heavy atom. The Bertz CT molecular complexity index is 845. The molecule has 0 saturated carbocycles. The van der Waals surface area contributed by atoms with Crippen molar-refractivity contribution < 1.29 is 14.2 Å². The van der Waals surface area contributed by atoms with E-state index >= 15 is 0 Å². The fraction of sp³-hybridized carbons (Fsp3) is 0.409. The second-order valence-corrected chi connectivity index (χ2v) is 7.30. The van der Waals surface area contributed by atoms with Crippen LogP contribution in [0, 0.1) is 0 Å². The Kier molecular flexibility index (Phi) is 10.7. The maximum atomic E-state index is 6.09. The van der Waals surface area contributed by atoms with E-state index in [0.717, 1.165) is 37.0 Å². The Balaban J connectivity index is 0.00000341. The summed E-state index contributed by atoms with van der Waals surface area (Å²) in [6.45, 7) is 3.94. The van der Waals surface area contributed by atoms with Crippen LogP contribution >= 0.6 is 35.6 Å². The van der Waals surface area contributed by atoms with Crippen molar-refractivity contribution in [2.45, 2.75) is 6.04 Å². The lowest BCUT2D eigenvalue weighted by Gasteiger charge is -2.35. The van der Waals surface area contributed by atoms with Gasteiger partial charge in [-0.1, -0.05) is 23.7 Å². The number of morpholine rings is 1. The van der Waals surface area contributed by atoms with Crippen LogP contribution in [0.3, 0.4) is 0 Å². The number of methoxy groups -OCH3 is 2. The highest BCUT2D eigenvalue weighted by Crippen LogP contribution is 2.29. The fourth-order valence-corrected chi connectivity index (χ4v) is 3.58. The van der Waals surface area contributed by atoms with Crippen LogP contribution in [-0.2, 0) is 4.74 Å². The smallest absolute Gasteiger partial charge is 0.195 e. The summed E-state index contributed by atoms with van der Waals surface area (Å²) < 4.78 is 16.2. The Labute approximate surface area is 206 Å². The fourth-order valence-electron chi connectivity index (χ4n) is 3.46. The lowest BCUT2D eigenvalue weighted by Crippen LogP contribution is -2.44. The zero-order chi connectivity index (χ0) is 21.3. The number of benzene rings is 2. The molecule has 2 aromatic rings. The number of nitrogens with zero attached hydrogens (tertiary/aromatic N) is 2. The van der Waals surface area contributed by atoms with Gasteiger partial charge in [-0.05, 0) is 29.8 Å². The van der Waals surface area contributed by atoms with E-state index in [2.05, 4.69) is 32.7 Å². The van der Waals surface area contributed by atoms with Gasteiger partial charge in [0.1, 0.15) is 0 Å². The number of rotatable bonds is 7. The first kappa shape index (κ1) is 25.5. The minimum absolute atomic E-state index is 0. The molecule has 9 heteroatoms. The summed E-state index contributed by atoms with van der Waals surface area (Å²) >= 11 is 6.09. The molecule has 170 valence electrons. The summed E-state index contributed by atoms with van der Waals surface area (Å²) in [6.07, 6.45) is 0. The minimum Gasteiger partial charge on any atom is -0.493 e. The largest absolute Gasteiger partial charge is 0.493 e. The first-order chi connectivity index (χ1) is 14.6. The molecule has 31 heavy (non-hydrogen) atoms. The van der Waals surface area contributed by atoms with Gasteiger partial charge in [-0.2, -0.15) is 0 Å². The van der Waals surface area contributed by atoms with Gasteiger partial charge in [-0.3, -0.25) is 9.89 Å². The molecule has 1 unspecified atom stereocenters. The van der Waals surface area contributed by atoms with E-state index in [1.807, 2.05) is 30.3 Å². The van der Waals surface area contributed by atoms with Crippen LogP contribution in [0.4, 0.5) is 5.69 Å². The first-order valence-corrected chi connectivity index (χ1v) is 10.3. The summed E-state index contributed by atoms with van der Waals surface area (Å²) in [5.41, 5.74) is 2.06. The molecule has 1 aliphatic rings. The van der Waals surface area contributed by atoms with E-state index in [4.69, 9.17) is 25.8 Å². The van der Waals surface area contributed by atoms with Crippen LogP contribution in [-0.4, -0.2) is 65.0 Å². The minimum atomic E-state index is 0. The number of aliphatic imine (C=N–C) groups is 1. The summed E-state index contributed by atoms with van der Waals surface area (Å²) in [5.74, 6) is 2.01. The SMILES string of the molecule is CN=C(NCC(c1ccc(Cl)cc1)N1CCOCC1)Nc1ccc(OC)c(OC)c1.I. The summed E-state index contributed by atoms with van der Waals surface area (Å²) in [6, 6.07) is 13.9. The van der Waals surface area contributed by atoms with Gasteiger partial charge in [0.05, 0.1) is 33.5 Å². The van der Waals surface area contributed by atoms with Gasteiger partial charge in [0.15, 0.2) is 17.5 Å². The van der Waals surface area contributed by atoms with Crippen molar-refractivity contribution in [2.24, 2.45) is 4.99 Å². The van der Waals surface area contributed by atoms with Gasteiger partial charge < -0.3 is 24.8 Å². The standard InChI is InChI=1S/C22H29ClN4O3.HI/c1-24-22(26-18-8-9-20(28-2)21(14-18)29-3)25-15-19(27-10-12-30-13-11-27)16-4-6-17(23)7-5-16;/h4-9,14,19H,10-13,15H2,1-3H3,(H2,24,25,26);1H. The van der Waals surface area contributed by atoms with Crippen molar-refractivity contribution in [1.82, 2.24) is 10.2 Å². The molecular weight excluding hydrogens is 531 g/mol. The third-order valence-corrected chi connectivity index (χ3v) is 5.33. The van der Waals surface area contributed by atoms with Gasteiger partial charge in [-0.25, -0.2) is 0 Å². The van der Waals surface area contributed by atoms with E-state index < -0.39 is 0 Å². The van der Waals surface area contributed by atoms with Crippen LogP contribution in [0.1, 0.15) is 11.6 Å². The van der Waals surface area contributed by atoms with Crippen molar-refractivity contribution in [2.75, 3.05) is 59.4 Å². The molecule has 1 fully saturated rings. The highest BCUT2D eigenvalue weighted by atomic mass is 127. The van der Waals surface area contributed by atoms with Crippen molar-refractivity contribution in [1.29, 1.82) is 0 Å². The lowest BCUT2D eigenvalue weighted by molar-refractivity contribution is 0.0170. The highest BCUT2D eigenvalue weighted by molar-refractivity contribution is 14.0. The molecule has 0 aromatic heterocycles. The summed E-state index contributed by atoms with van der Waals surface area (Å²) in [4.78, 5) is 6.78. The van der Waals surface area contributed by atoms with Crippen LogP contribution in [0.5, 0.6) is 11.5 Å². The monoisotopic (exact) mass is 560 g/mol. The first-order valence-electron chi connectivity index (χ1n) is 9.91. The van der Waals surface area contributed by atoms with Gasteiger partial charge >= 0.3 is 0 Å². The van der Waals surface area contributed by atoms with E-state index in [9.17, 15) is 0 Å². The number of ether oxygens (including phenoxy) is 3. The van der Waals surface area contributed by atoms with Crippen molar-refractivity contribution in [3.8, 4) is 11.5 Å². The molecule has 2 aromatic carbocycles. The van der Waals surface area contributed by atoms with Crippen LogP contribution in [0.15, 0.2) is 47.5 Å². The second kappa shape index (κ2) is 12.9. The zero-order valence-corrected chi connectivity index (χ0v) is 21.1. The average molecular weight is 561 g/mol. The number of anilines is 1. The predicted octanol–water partition coefficient (Wildman–Crippen LogP) is 4.04. The zero-order valence-electron chi connectivity index (χ0n) is 18.1. The molecule has 3 rings (SSSR count). The molecular formula is C22H30ClIN4O3. The molecule has 1 heterocycles. The van der Waals surface area contributed by atoms with Gasteiger partial charge in [0.25, 0.3) is 0 Å². The maximum absolute atomic E-state index is 6.09. The summed E-state index contributed by atoms with van der Waals surface area (Å²) in [5, 5.41) is 7.49. The maximum Gasteiger partial charge on any atom is 0.195 e. The molecule has 0 aliphatic carbocycles. The number of hydrogen-bond acceptors (Lipinski definition) is 5. The molecule has 0 spiro atoms. The number of nitrogens with one attached hydrogen (secondary N) is 2. The van der Waals surface area contributed by atoms with Crippen LogP contribution in [0.25, 0.3) is 0 Å². The van der Waals surface area contributed by atoms with Gasteiger partial charge in [0.2, 0.25) is 0 Å². The third kappa shape index (κ3) is 7.13. The third-order valence-electron chi connectivity index (χ3n) is 5.07. The van der Waals surface area contributed by atoms with Crippen molar-refractivity contribution >= 4 is 47.2 Å². The molecule has 1 saturated heterocycles. The molecule has 0 radical (unpaired) electrons. The second-order valence-electron chi connectivity index (χ2n) is 6.86. The van der Waals surface area contributed by atoms with E-state index in [1.54, 1.807) is 21.3 Å². The predicted molar refractivity (Wildman–Crippen MR) is 137 cm³/mol. The Morgan fingerprint density at radius 1 is 1.10 bits per heavy atom. The Hall–Kier alpha value is -1.75. The molecule has 2 N–H and O–H groups in total. The van der Waals surface area contributed by atoms with E-state index in [1.165, 1.54) is 5.56 Å². The normalized spacial score (nSPS) is 15.5. The van der Waals surface area contributed by atoms with Crippen LogP contribution in [0.2, 0.25) is 5.02 Å². The van der Waals surface area contributed by atoms with Crippen molar-refractivity contribution in [3.63, 3.8) is 0 Å². The molecule has 1 aliphatic heterocycles. The number of halogens is 2. The molecule has 0 amide bonds. The van der Waals surface area contributed by atoms with Crippen LogP contribution < -0.4 is 20.1 Å². The average Bonchev–Trinajstić information content (AvgIpc) is 2.80. The molecule has 1 atom stereocenters. The van der Waals surface area contributed by atoms with Crippen molar-refractivity contribution in [3.05, 3.63) is 53.1 Å². The van der Waals surface area contributed by atoms with E-state index in [-0.39, 0.29) is 30.0 Å². The van der Waals surface area contributed by atoms with Gasteiger partial charge in [-0.15, -0.1) is 24.0 Å².